The molecular formula is C13H19N3O3. The van der Waals surface area contributed by atoms with Gasteiger partial charge >= 0.3 is 5.97 Å². The van der Waals surface area contributed by atoms with E-state index < -0.39 is 0 Å². The smallest absolute Gasteiger partial charge is 0.323 e. The predicted molar refractivity (Wildman–Crippen MR) is 66.1 cm³/mol. The molecule has 1 aromatic rings. The highest BCUT2D eigenvalue weighted by atomic mass is 16.5. The SMILES string of the molecule is COC(=O)[C@@H]1[C@@H]2CCC[C@H]2CN1Cc1noc(C)n1. The van der Waals surface area contributed by atoms with Crippen molar-refractivity contribution in [3.05, 3.63) is 11.7 Å². The van der Waals surface area contributed by atoms with Gasteiger partial charge in [0, 0.05) is 13.5 Å². The zero-order valence-electron chi connectivity index (χ0n) is 11.3. The Morgan fingerprint density at radius 3 is 3.05 bits per heavy atom. The van der Waals surface area contributed by atoms with E-state index in [1.54, 1.807) is 6.92 Å². The van der Waals surface area contributed by atoms with Gasteiger partial charge in [0.25, 0.3) is 0 Å². The summed E-state index contributed by atoms with van der Waals surface area (Å²) in [6.45, 7) is 3.26. The van der Waals surface area contributed by atoms with E-state index in [-0.39, 0.29) is 12.0 Å². The van der Waals surface area contributed by atoms with Crippen LogP contribution >= 0.6 is 0 Å². The van der Waals surface area contributed by atoms with Gasteiger partial charge in [0.1, 0.15) is 6.04 Å². The number of carbonyl (C=O) groups excluding carboxylic acids is 1. The monoisotopic (exact) mass is 265 g/mol. The molecule has 0 unspecified atom stereocenters. The molecule has 1 saturated carbocycles. The van der Waals surface area contributed by atoms with E-state index in [1.807, 2.05) is 0 Å². The average molecular weight is 265 g/mol. The van der Waals surface area contributed by atoms with Gasteiger partial charge in [0.2, 0.25) is 5.89 Å². The van der Waals surface area contributed by atoms with Crippen molar-refractivity contribution in [3.63, 3.8) is 0 Å². The number of hydrogen-bond acceptors (Lipinski definition) is 6. The minimum absolute atomic E-state index is 0.130. The molecule has 0 aromatic carbocycles. The molecule has 6 nitrogen and oxygen atoms in total. The van der Waals surface area contributed by atoms with E-state index >= 15 is 0 Å². The van der Waals surface area contributed by atoms with Crippen LogP contribution < -0.4 is 0 Å². The van der Waals surface area contributed by atoms with Gasteiger partial charge in [-0.05, 0) is 24.7 Å². The topological polar surface area (TPSA) is 68.5 Å². The number of hydrogen-bond donors (Lipinski definition) is 0. The quantitative estimate of drug-likeness (QED) is 0.764. The second-order valence-electron chi connectivity index (χ2n) is 5.48. The molecule has 1 saturated heterocycles. The summed E-state index contributed by atoms with van der Waals surface area (Å²) in [6.07, 6.45) is 3.55. The Bertz CT molecular complexity index is 473. The number of ether oxygens (including phenoxy) is 1. The molecule has 0 bridgehead atoms. The highest BCUT2D eigenvalue weighted by Gasteiger charge is 2.48. The number of rotatable bonds is 3. The summed E-state index contributed by atoms with van der Waals surface area (Å²) in [5.41, 5.74) is 0. The summed E-state index contributed by atoms with van der Waals surface area (Å²) in [5, 5.41) is 3.91. The Kier molecular flexibility index (Phi) is 3.26. The fourth-order valence-corrected chi connectivity index (χ4v) is 3.59. The Labute approximate surface area is 112 Å². The second kappa shape index (κ2) is 4.92. The third-order valence-electron chi connectivity index (χ3n) is 4.34. The van der Waals surface area contributed by atoms with Crippen LogP contribution in [0.2, 0.25) is 0 Å². The lowest BCUT2D eigenvalue weighted by molar-refractivity contribution is -0.147. The lowest BCUT2D eigenvalue weighted by Crippen LogP contribution is -2.40. The zero-order valence-corrected chi connectivity index (χ0v) is 11.3. The summed E-state index contributed by atoms with van der Waals surface area (Å²) in [6, 6.07) is -0.142. The molecule has 3 rings (SSSR count). The van der Waals surface area contributed by atoms with Crippen molar-refractivity contribution in [1.29, 1.82) is 0 Å². The van der Waals surface area contributed by atoms with Crippen molar-refractivity contribution < 1.29 is 14.1 Å². The van der Waals surface area contributed by atoms with Crippen molar-refractivity contribution in [3.8, 4) is 0 Å². The van der Waals surface area contributed by atoms with Crippen LogP contribution in [0.5, 0.6) is 0 Å². The van der Waals surface area contributed by atoms with E-state index in [9.17, 15) is 4.79 Å². The Hall–Kier alpha value is -1.43. The molecule has 1 aliphatic heterocycles. The summed E-state index contributed by atoms with van der Waals surface area (Å²) in [5.74, 6) is 2.11. The van der Waals surface area contributed by atoms with E-state index in [0.29, 0.717) is 30.1 Å². The number of aryl methyl sites for hydroxylation is 1. The Morgan fingerprint density at radius 1 is 1.53 bits per heavy atom. The van der Waals surface area contributed by atoms with E-state index in [0.717, 1.165) is 13.0 Å². The number of nitrogens with zero attached hydrogens (tertiary/aromatic N) is 3. The number of carbonyl (C=O) groups is 1. The summed E-state index contributed by atoms with van der Waals surface area (Å²) in [7, 11) is 1.46. The number of esters is 1. The van der Waals surface area contributed by atoms with Gasteiger partial charge in [-0.2, -0.15) is 4.98 Å². The Morgan fingerprint density at radius 2 is 2.37 bits per heavy atom. The second-order valence-corrected chi connectivity index (χ2v) is 5.48. The van der Waals surface area contributed by atoms with Crippen molar-refractivity contribution in [2.45, 2.75) is 38.8 Å². The van der Waals surface area contributed by atoms with Crippen molar-refractivity contribution >= 4 is 5.97 Å². The average Bonchev–Trinajstić information content (AvgIpc) is 3.05. The molecule has 0 N–H and O–H groups in total. The van der Waals surface area contributed by atoms with Gasteiger partial charge < -0.3 is 9.26 Å². The van der Waals surface area contributed by atoms with E-state index in [2.05, 4.69) is 15.0 Å². The molecule has 0 amide bonds. The zero-order chi connectivity index (χ0) is 13.4. The first kappa shape index (κ1) is 12.6. The maximum Gasteiger partial charge on any atom is 0.323 e. The largest absolute Gasteiger partial charge is 0.468 e. The molecule has 19 heavy (non-hydrogen) atoms. The number of likely N-dealkylation sites (tertiary alicyclic amines) is 1. The number of aromatic nitrogens is 2. The van der Waals surface area contributed by atoms with Crippen LogP contribution in [0.25, 0.3) is 0 Å². The summed E-state index contributed by atoms with van der Waals surface area (Å²) < 4.78 is 9.96. The molecule has 3 atom stereocenters. The maximum absolute atomic E-state index is 12.0. The fourth-order valence-electron chi connectivity index (χ4n) is 3.59. The Balaban J connectivity index is 1.77. The third kappa shape index (κ3) is 2.25. The highest BCUT2D eigenvalue weighted by Crippen LogP contribution is 2.42. The van der Waals surface area contributed by atoms with Gasteiger partial charge in [0.05, 0.1) is 13.7 Å². The molecule has 1 aliphatic carbocycles. The van der Waals surface area contributed by atoms with Crippen LogP contribution in [0.3, 0.4) is 0 Å². The van der Waals surface area contributed by atoms with E-state index in [4.69, 9.17) is 9.26 Å². The van der Waals surface area contributed by atoms with Crippen molar-refractivity contribution in [2.75, 3.05) is 13.7 Å². The molecule has 2 heterocycles. The molecule has 2 aliphatic rings. The molecule has 1 aromatic heterocycles. The van der Waals surface area contributed by atoms with Crippen molar-refractivity contribution in [2.24, 2.45) is 11.8 Å². The highest BCUT2D eigenvalue weighted by molar-refractivity contribution is 5.76. The number of methoxy groups -OCH3 is 1. The molecule has 0 spiro atoms. The van der Waals surface area contributed by atoms with Gasteiger partial charge in [-0.15, -0.1) is 0 Å². The first-order valence-corrected chi connectivity index (χ1v) is 6.80. The van der Waals surface area contributed by atoms with Crippen LogP contribution in [-0.2, 0) is 16.1 Å². The first-order valence-electron chi connectivity index (χ1n) is 6.80. The van der Waals surface area contributed by atoms with E-state index in [1.165, 1.54) is 20.0 Å². The van der Waals surface area contributed by atoms with Gasteiger partial charge in [-0.1, -0.05) is 11.6 Å². The standard InChI is InChI=1S/C13H19N3O3/c1-8-14-11(15-19-8)7-16-6-9-4-3-5-10(9)12(16)13(17)18-2/h9-10,12H,3-7H2,1-2H3/t9-,10+,12-/m0/s1. The van der Waals surface area contributed by atoms with Crippen LogP contribution in [-0.4, -0.2) is 40.7 Å². The summed E-state index contributed by atoms with van der Waals surface area (Å²) >= 11 is 0. The minimum atomic E-state index is -0.142. The number of fused-ring (bicyclic) bond motifs is 1. The van der Waals surface area contributed by atoms with Crippen LogP contribution in [0.1, 0.15) is 31.0 Å². The van der Waals surface area contributed by atoms with Crippen LogP contribution in [0, 0.1) is 18.8 Å². The summed E-state index contributed by atoms with van der Waals surface area (Å²) in [4.78, 5) is 18.4. The molecule has 0 radical (unpaired) electrons. The molecule has 104 valence electrons. The lowest BCUT2D eigenvalue weighted by Gasteiger charge is -2.24. The minimum Gasteiger partial charge on any atom is -0.468 e. The maximum atomic E-state index is 12.0. The van der Waals surface area contributed by atoms with Crippen LogP contribution in [0.4, 0.5) is 0 Å². The predicted octanol–water partition coefficient (Wildman–Crippen LogP) is 1.15. The normalized spacial score (nSPS) is 30.5. The first-order chi connectivity index (χ1) is 9.19. The van der Waals surface area contributed by atoms with Gasteiger partial charge in [-0.25, -0.2) is 0 Å². The lowest BCUT2D eigenvalue weighted by atomic mass is 9.94. The van der Waals surface area contributed by atoms with Crippen molar-refractivity contribution in [1.82, 2.24) is 15.0 Å². The van der Waals surface area contributed by atoms with Gasteiger partial charge in [-0.3, -0.25) is 9.69 Å². The molecular weight excluding hydrogens is 246 g/mol. The molecule has 2 fully saturated rings. The van der Waals surface area contributed by atoms with Crippen LogP contribution in [0.15, 0.2) is 4.52 Å². The van der Waals surface area contributed by atoms with Gasteiger partial charge in [0.15, 0.2) is 5.82 Å². The molecule has 6 heteroatoms. The third-order valence-corrected chi connectivity index (χ3v) is 4.34. The fraction of sp³-hybridized carbons (Fsp3) is 0.769.